The lowest BCUT2D eigenvalue weighted by molar-refractivity contribution is 0.285. The van der Waals surface area contributed by atoms with E-state index in [0.29, 0.717) is 28.7 Å². The van der Waals surface area contributed by atoms with Crippen LogP contribution in [-0.4, -0.2) is 18.7 Å². The van der Waals surface area contributed by atoms with Crippen molar-refractivity contribution in [1.29, 1.82) is 0 Å². The first-order chi connectivity index (χ1) is 9.10. The van der Waals surface area contributed by atoms with Crippen molar-refractivity contribution in [3.8, 4) is 11.5 Å². The quantitative estimate of drug-likeness (QED) is 0.583. The molecule has 0 aliphatic heterocycles. The number of rotatable bonds is 8. The van der Waals surface area contributed by atoms with Gasteiger partial charge in [0.15, 0.2) is 11.5 Å². The van der Waals surface area contributed by atoms with Crippen LogP contribution in [-0.2, 0) is 0 Å². The van der Waals surface area contributed by atoms with Crippen LogP contribution in [0.5, 0.6) is 11.5 Å². The van der Waals surface area contributed by atoms with Crippen LogP contribution >= 0.6 is 23.8 Å². The molecule has 0 bridgehead atoms. The van der Waals surface area contributed by atoms with E-state index in [-0.39, 0.29) is 4.99 Å². The van der Waals surface area contributed by atoms with Gasteiger partial charge in [0.1, 0.15) is 4.99 Å². The Morgan fingerprint density at radius 2 is 2.05 bits per heavy atom. The molecule has 1 aromatic rings. The van der Waals surface area contributed by atoms with Crippen LogP contribution in [0.15, 0.2) is 12.1 Å². The van der Waals surface area contributed by atoms with Gasteiger partial charge in [-0.3, -0.25) is 0 Å². The number of thiocarbonyl (C=S) groups is 1. The van der Waals surface area contributed by atoms with Crippen molar-refractivity contribution < 1.29 is 9.47 Å². The molecule has 0 atom stereocenters. The number of unbranched alkanes of at least 4 members (excludes halogenated alkanes) is 3. The van der Waals surface area contributed by atoms with Crippen LogP contribution in [0.3, 0.4) is 0 Å². The van der Waals surface area contributed by atoms with E-state index in [0.717, 1.165) is 12.8 Å². The van der Waals surface area contributed by atoms with Gasteiger partial charge in [0.05, 0.1) is 18.7 Å². The minimum Gasteiger partial charge on any atom is -0.493 e. The highest BCUT2D eigenvalue weighted by Gasteiger charge is 2.13. The molecule has 0 aromatic heterocycles. The lowest BCUT2D eigenvalue weighted by Crippen LogP contribution is -2.10. The molecule has 0 fully saturated rings. The van der Waals surface area contributed by atoms with Crippen molar-refractivity contribution in [2.75, 3.05) is 13.7 Å². The van der Waals surface area contributed by atoms with E-state index in [4.69, 9.17) is 39.0 Å². The molecule has 19 heavy (non-hydrogen) atoms. The van der Waals surface area contributed by atoms with E-state index in [9.17, 15) is 0 Å². The lowest BCUT2D eigenvalue weighted by atomic mass is 10.2. The van der Waals surface area contributed by atoms with E-state index < -0.39 is 0 Å². The van der Waals surface area contributed by atoms with E-state index >= 15 is 0 Å². The summed E-state index contributed by atoms with van der Waals surface area (Å²) in [6.07, 6.45) is 4.58. The predicted molar refractivity (Wildman–Crippen MR) is 83.5 cm³/mol. The third-order valence-corrected chi connectivity index (χ3v) is 3.27. The molecule has 0 aliphatic carbocycles. The van der Waals surface area contributed by atoms with Crippen molar-refractivity contribution >= 4 is 28.8 Å². The molecule has 0 saturated heterocycles. The standard InChI is InChI=1S/C14H20ClNO2S/c1-3-4-5-6-7-18-13-11(15)8-10(14(16)19)9-12(13)17-2/h8-9H,3-7H2,1-2H3,(H2,16,19). The zero-order valence-corrected chi connectivity index (χ0v) is 12.9. The maximum Gasteiger partial charge on any atom is 0.179 e. The predicted octanol–water partition coefficient (Wildman–Crippen LogP) is 3.94. The Labute approximate surface area is 125 Å². The van der Waals surface area contributed by atoms with Crippen LogP contribution in [0.2, 0.25) is 5.02 Å². The Morgan fingerprint density at radius 3 is 2.63 bits per heavy atom. The van der Waals surface area contributed by atoms with Crippen LogP contribution in [0, 0.1) is 0 Å². The molecule has 0 saturated carbocycles. The average Bonchev–Trinajstić information content (AvgIpc) is 2.39. The van der Waals surface area contributed by atoms with E-state index in [1.807, 2.05) is 0 Å². The van der Waals surface area contributed by atoms with Crippen LogP contribution in [0.4, 0.5) is 0 Å². The van der Waals surface area contributed by atoms with Crippen molar-refractivity contribution in [3.63, 3.8) is 0 Å². The lowest BCUT2D eigenvalue weighted by Gasteiger charge is -2.13. The molecule has 0 spiro atoms. The molecule has 5 heteroatoms. The minimum absolute atomic E-state index is 0.287. The smallest absolute Gasteiger partial charge is 0.179 e. The zero-order valence-electron chi connectivity index (χ0n) is 11.4. The molecule has 3 nitrogen and oxygen atoms in total. The molecule has 0 radical (unpaired) electrons. The fourth-order valence-electron chi connectivity index (χ4n) is 1.71. The van der Waals surface area contributed by atoms with Crippen molar-refractivity contribution in [2.24, 2.45) is 5.73 Å². The molecule has 0 amide bonds. The first kappa shape index (κ1) is 16.1. The van der Waals surface area contributed by atoms with E-state index in [1.165, 1.54) is 12.8 Å². The van der Waals surface area contributed by atoms with Gasteiger partial charge < -0.3 is 15.2 Å². The number of methoxy groups -OCH3 is 1. The van der Waals surface area contributed by atoms with Crippen LogP contribution < -0.4 is 15.2 Å². The van der Waals surface area contributed by atoms with Gasteiger partial charge in [-0.15, -0.1) is 0 Å². The summed E-state index contributed by atoms with van der Waals surface area (Å²) in [5.74, 6) is 1.12. The van der Waals surface area contributed by atoms with Gasteiger partial charge in [-0.05, 0) is 18.6 Å². The average molecular weight is 302 g/mol. The monoisotopic (exact) mass is 301 g/mol. The van der Waals surface area contributed by atoms with Crippen LogP contribution in [0.25, 0.3) is 0 Å². The highest BCUT2D eigenvalue weighted by atomic mass is 35.5. The molecule has 0 heterocycles. The van der Waals surface area contributed by atoms with E-state index in [1.54, 1.807) is 19.2 Å². The number of nitrogens with two attached hydrogens (primary N) is 1. The summed E-state index contributed by atoms with van der Waals surface area (Å²) in [6, 6.07) is 3.45. The number of halogens is 1. The van der Waals surface area contributed by atoms with E-state index in [2.05, 4.69) is 6.92 Å². The summed E-state index contributed by atoms with van der Waals surface area (Å²) in [5.41, 5.74) is 6.26. The van der Waals surface area contributed by atoms with Gasteiger partial charge >= 0.3 is 0 Å². The zero-order chi connectivity index (χ0) is 14.3. The summed E-state index contributed by atoms with van der Waals surface area (Å²) in [6.45, 7) is 2.80. The summed E-state index contributed by atoms with van der Waals surface area (Å²) in [5, 5.41) is 0.470. The number of hydrogen-bond acceptors (Lipinski definition) is 3. The van der Waals surface area contributed by atoms with Crippen molar-refractivity contribution in [2.45, 2.75) is 32.6 Å². The Balaban J connectivity index is 2.74. The first-order valence-corrected chi connectivity index (χ1v) is 7.18. The third-order valence-electron chi connectivity index (χ3n) is 2.76. The van der Waals surface area contributed by atoms with Gasteiger partial charge in [0.2, 0.25) is 0 Å². The highest BCUT2D eigenvalue weighted by Crippen LogP contribution is 2.36. The SMILES string of the molecule is CCCCCCOc1c(Cl)cc(C(N)=S)cc1OC. The topological polar surface area (TPSA) is 44.5 Å². The summed E-state index contributed by atoms with van der Waals surface area (Å²) in [7, 11) is 1.57. The largest absolute Gasteiger partial charge is 0.493 e. The number of benzene rings is 1. The fraction of sp³-hybridized carbons (Fsp3) is 0.500. The molecule has 1 aromatic carbocycles. The molecular formula is C14H20ClNO2S. The second-order valence-electron chi connectivity index (χ2n) is 4.26. The maximum absolute atomic E-state index is 6.18. The van der Waals surface area contributed by atoms with Crippen LogP contribution in [0.1, 0.15) is 38.2 Å². The minimum atomic E-state index is 0.287. The highest BCUT2D eigenvalue weighted by molar-refractivity contribution is 7.80. The van der Waals surface area contributed by atoms with Gasteiger partial charge in [-0.2, -0.15) is 0 Å². The van der Waals surface area contributed by atoms with Crippen molar-refractivity contribution in [3.05, 3.63) is 22.7 Å². The molecular weight excluding hydrogens is 282 g/mol. The summed E-state index contributed by atoms with van der Waals surface area (Å²) >= 11 is 11.1. The Hall–Kier alpha value is -1.00. The van der Waals surface area contributed by atoms with Gasteiger partial charge in [-0.1, -0.05) is 50.0 Å². The van der Waals surface area contributed by atoms with Gasteiger partial charge in [0.25, 0.3) is 0 Å². The van der Waals surface area contributed by atoms with Crippen molar-refractivity contribution in [1.82, 2.24) is 0 Å². The second-order valence-corrected chi connectivity index (χ2v) is 5.11. The fourth-order valence-corrected chi connectivity index (χ4v) is 2.09. The number of ether oxygens (including phenoxy) is 2. The first-order valence-electron chi connectivity index (χ1n) is 6.40. The Bertz CT molecular complexity index is 438. The Morgan fingerprint density at radius 1 is 1.32 bits per heavy atom. The second kappa shape index (κ2) is 8.23. The van der Waals surface area contributed by atoms with Gasteiger partial charge in [0, 0.05) is 5.56 Å². The third kappa shape index (κ3) is 4.88. The molecule has 2 N–H and O–H groups in total. The molecule has 106 valence electrons. The molecule has 0 aliphatic rings. The summed E-state index contributed by atoms with van der Waals surface area (Å²) in [4.78, 5) is 0.287. The number of hydrogen-bond donors (Lipinski definition) is 1. The molecule has 1 rings (SSSR count). The molecule has 0 unspecified atom stereocenters. The summed E-state index contributed by atoms with van der Waals surface area (Å²) < 4.78 is 11.0. The Kier molecular flexibility index (Phi) is 6.95. The maximum atomic E-state index is 6.18. The normalized spacial score (nSPS) is 10.3. The van der Waals surface area contributed by atoms with Gasteiger partial charge in [-0.25, -0.2) is 0 Å².